The zero-order chi connectivity index (χ0) is 18.1. The van der Waals surface area contributed by atoms with Crippen molar-refractivity contribution in [3.8, 4) is 0 Å². The first kappa shape index (κ1) is 17.6. The highest BCUT2D eigenvalue weighted by molar-refractivity contribution is 5.24. The molecule has 2 heterocycles. The van der Waals surface area contributed by atoms with Gasteiger partial charge in [-0.05, 0) is 10.4 Å². The Morgan fingerprint density at radius 1 is 1.33 bits per heavy atom. The summed E-state index contributed by atoms with van der Waals surface area (Å²) in [7, 11) is 0. The van der Waals surface area contributed by atoms with E-state index in [1.165, 1.54) is 0 Å². The third-order valence-corrected chi connectivity index (χ3v) is 2.77. The number of hydrogen-bond acceptors (Lipinski definition) is 6. The molecule has 2 aromatic rings. The second-order valence-corrected chi connectivity index (χ2v) is 4.49. The minimum Gasteiger partial charge on any atom is -0.258 e. The molecule has 0 saturated heterocycles. The molecule has 9 nitrogen and oxygen atoms in total. The van der Waals surface area contributed by atoms with E-state index in [0.29, 0.717) is 10.9 Å². The maximum atomic E-state index is 13.4. The van der Waals surface area contributed by atoms with Crippen molar-refractivity contribution in [3.05, 3.63) is 28.1 Å². The first-order chi connectivity index (χ1) is 11.1. The van der Waals surface area contributed by atoms with Gasteiger partial charge < -0.3 is 0 Å². The number of aromatic nitrogens is 6. The van der Waals surface area contributed by atoms with E-state index in [1.807, 2.05) is 0 Å². The van der Waals surface area contributed by atoms with Crippen molar-refractivity contribution in [1.29, 1.82) is 0 Å². The highest BCUT2D eigenvalue weighted by Crippen LogP contribution is 2.27. The molecule has 2 rings (SSSR count). The summed E-state index contributed by atoms with van der Waals surface area (Å²) in [5.41, 5.74) is -1.12. The Bertz CT molecular complexity index is 726. The van der Waals surface area contributed by atoms with Gasteiger partial charge in [0.2, 0.25) is 6.43 Å². The molecule has 0 bridgehead atoms. The van der Waals surface area contributed by atoms with E-state index in [9.17, 15) is 36.5 Å². The molecule has 0 aliphatic carbocycles. The minimum atomic E-state index is -4.75. The Morgan fingerprint density at radius 3 is 2.50 bits per heavy atom. The predicted octanol–water partition coefficient (Wildman–Crippen LogP) is 1.72. The molecule has 0 N–H and O–H groups in total. The fourth-order valence-electron chi connectivity index (χ4n) is 1.88. The summed E-state index contributed by atoms with van der Waals surface area (Å²) in [5.74, 6) is -2.26. The van der Waals surface area contributed by atoms with Crippen LogP contribution in [0, 0.1) is 16.1 Å². The second-order valence-electron chi connectivity index (χ2n) is 4.49. The molecule has 2 aromatic heterocycles. The van der Waals surface area contributed by atoms with Crippen molar-refractivity contribution >= 4 is 5.69 Å². The zero-order valence-electron chi connectivity index (χ0n) is 11.4. The van der Waals surface area contributed by atoms with Crippen LogP contribution in [0.25, 0.3) is 0 Å². The molecular formula is C9H7F6N7O2. The Balaban J connectivity index is 2.45. The smallest absolute Gasteiger partial charge is 0.258 e. The first-order valence-corrected chi connectivity index (χ1v) is 6.08. The number of hydrogen-bond donors (Lipinski definition) is 0. The van der Waals surface area contributed by atoms with Crippen molar-refractivity contribution in [3.63, 3.8) is 0 Å². The van der Waals surface area contributed by atoms with Gasteiger partial charge in [0, 0.05) is 6.42 Å². The van der Waals surface area contributed by atoms with Gasteiger partial charge >= 0.3 is 17.8 Å². The lowest BCUT2D eigenvalue weighted by molar-refractivity contribution is -0.387. The van der Waals surface area contributed by atoms with Crippen LogP contribution in [0.15, 0.2) is 6.20 Å². The van der Waals surface area contributed by atoms with Crippen LogP contribution >= 0.6 is 0 Å². The highest BCUT2D eigenvalue weighted by Gasteiger charge is 2.34. The minimum absolute atomic E-state index is 0.193. The molecule has 0 fully saturated rings. The maximum absolute atomic E-state index is 13.4. The molecule has 0 amide bonds. The van der Waals surface area contributed by atoms with E-state index in [-0.39, 0.29) is 4.68 Å². The monoisotopic (exact) mass is 359 g/mol. The summed E-state index contributed by atoms with van der Waals surface area (Å²) < 4.78 is 76.8. The van der Waals surface area contributed by atoms with E-state index >= 15 is 0 Å². The summed E-state index contributed by atoms with van der Waals surface area (Å²) in [4.78, 5) is 9.43. The summed E-state index contributed by atoms with van der Waals surface area (Å²) in [6.45, 7) is -1.68. The number of halogens is 6. The topological polar surface area (TPSA) is 105 Å². The second kappa shape index (κ2) is 6.40. The van der Waals surface area contributed by atoms with Gasteiger partial charge in [-0.2, -0.15) is 17.6 Å². The van der Waals surface area contributed by atoms with Crippen LogP contribution in [0.1, 0.15) is 18.3 Å². The quantitative estimate of drug-likeness (QED) is 0.442. The Hall–Kier alpha value is -2.74. The molecule has 24 heavy (non-hydrogen) atoms. The molecule has 0 radical (unpaired) electrons. The molecule has 0 aromatic carbocycles. The molecule has 1 unspecified atom stereocenters. The van der Waals surface area contributed by atoms with Crippen LogP contribution in [0.3, 0.4) is 0 Å². The van der Waals surface area contributed by atoms with Gasteiger partial charge in [0.1, 0.15) is 18.8 Å². The van der Waals surface area contributed by atoms with Crippen molar-refractivity contribution < 1.29 is 31.3 Å². The summed E-state index contributed by atoms with van der Waals surface area (Å²) in [6.07, 6.45) is -8.44. The van der Waals surface area contributed by atoms with Crippen molar-refractivity contribution in [1.82, 2.24) is 30.0 Å². The SMILES string of the molecule is O=[N+]([O-])c1cn(C(CC(F)F)c2nnnn2CC(F)(F)F)nc1F. The van der Waals surface area contributed by atoms with Gasteiger partial charge in [-0.25, -0.2) is 13.5 Å². The zero-order valence-corrected chi connectivity index (χ0v) is 11.4. The molecule has 0 spiro atoms. The van der Waals surface area contributed by atoms with E-state index in [2.05, 4.69) is 20.6 Å². The lowest BCUT2D eigenvalue weighted by atomic mass is 10.2. The highest BCUT2D eigenvalue weighted by atomic mass is 19.4. The molecule has 1 atom stereocenters. The summed E-state index contributed by atoms with van der Waals surface area (Å²) in [5, 5.41) is 22.9. The standard InChI is InChI=1S/C9H7F6N7O2/c10-6(11)1-4(20-2-5(22(23)24)7(12)17-20)8-16-18-19-21(8)3-9(13,14)15/h2,4,6H,1,3H2. The molecule has 0 saturated carbocycles. The fourth-order valence-corrected chi connectivity index (χ4v) is 1.88. The van der Waals surface area contributed by atoms with Crippen LogP contribution in [0.4, 0.5) is 32.0 Å². The summed E-state index contributed by atoms with van der Waals surface area (Å²) in [6, 6.07) is -1.73. The molecule has 132 valence electrons. The Kier molecular flexibility index (Phi) is 4.70. The summed E-state index contributed by atoms with van der Waals surface area (Å²) >= 11 is 0. The molecule has 15 heteroatoms. The van der Waals surface area contributed by atoms with Crippen molar-refractivity contribution in [2.45, 2.75) is 31.6 Å². The van der Waals surface area contributed by atoms with Gasteiger partial charge in [0.15, 0.2) is 5.82 Å². The van der Waals surface area contributed by atoms with Gasteiger partial charge in [-0.3, -0.25) is 14.8 Å². The van der Waals surface area contributed by atoms with Gasteiger partial charge in [0.05, 0.1) is 4.92 Å². The number of alkyl halides is 5. The van der Waals surface area contributed by atoms with Gasteiger partial charge in [-0.15, -0.1) is 10.2 Å². The molecular weight excluding hydrogens is 352 g/mol. The average molecular weight is 359 g/mol. The van der Waals surface area contributed by atoms with E-state index in [1.54, 1.807) is 0 Å². The Morgan fingerprint density at radius 2 is 2.00 bits per heavy atom. The van der Waals surface area contributed by atoms with Gasteiger partial charge in [-0.1, -0.05) is 0 Å². The first-order valence-electron chi connectivity index (χ1n) is 6.08. The van der Waals surface area contributed by atoms with Crippen molar-refractivity contribution in [2.24, 2.45) is 0 Å². The Labute approximate surface area is 128 Å². The third kappa shape index (κ3) is 3.96. The van der Waals surface area contributed by atoms with Crippen molar-refractivity contribution in [2.75, 3.05) is 0 Å². The van der Waals surface area contributed by atoms with Crippen LogP contribution < -0.4 is 0 Å². The van der Waals surface area contributed by atoms with E-state index in [0.717, 1.165) is 0 Å². The normalized spacial score (nSPS) is 13.5. The molecule has 0 aliphatic heterocycles. The van der Waals surface area contributed by atoms with Gasteiger partial charge in [0.25, 0.3) is 0 Å². The largest absolute Gasteiger partial charge is 0.408 e. The number of nitrogens with zero attached hydrogens (tertiary/aromatic N) is 7. The maximum Gasteiger partial charge on any atom is 0.408 e. The average Bonchev–Trinajstić information content (AvgIpc) is 3.00. The van der Waals surface area contributed by atoms with Crippen LogP contribution in [-0.2, 0) is 6.54 Å². The number of tetrazole rings is 1. The lowest BCUT2D eigenvalue weighted by Gasteiger charge is -2.16. The third-order valence-electron chi connectivity index (χ3n) is 2.77. The van der Waals surface area contributed by atoms with E-state index in [4.69, 9.17) is 0 Å². The fraction of sp³-hybridized carbons (Fsp3) is 0.556. The lowest BCUT2D eigenvalue weighted by Crippen LogP contribution is -2.25. The van der Waals surface area contributed by atoms with E-state index < -0.39 is 54.0 Å². The number of rotatable bonds is 6. The molecule has 0 aliphatic rings. The van der Waals surface area contributed by atoms with Crippen LogP contribution in [0.2, 0.25) is 0 Å². The van der Waals surface area contributed by atoms with Crippen LogP contribution in [-0.4, -0.2) is 47.5 Å². The predicted molar refractivity (Wildman–Crippen MR) is 61.5 cm³/mol. The van der Waals surface area contributed by atoms with Crippen LogP contribution in [0.5, 0.6) is 0 Å². The number of nitro groups is 1.